The molecule has 2 heterocycles. The van der Waals surface area contributed by atoms with Gasteiger partial charge in [0.2, 0.25) is 0 Å². The van der Waals surface area contributed by atoms with Gasteiger partial charge in [-0.05, 0) is 30.7 Å². The van der Waals surface area contributed by atoms with Crippen molar-refractivity contribution in [3.8, 4) is 0 Å². The fraction of sp³-hybridized carbons (Fsp3) is 0.368. The Balaban J connectivity index is 1.81. The largest absolute Gasteiger partial charge is 0.405 e. The number of nitrogens with one attached hydrogen (secondary N) is 2. The Hall–Kier alpha value is -2.88. The van der Waals surface area contributed by atoms with Crippen LogP contribution < -0.4 is 10.6 Å². The molecular formula is C19H19F4N3O3. The maximum Gasteiger partial charge on any atom is 0.405 e. The summed E-state index contributed by atoms with van der Waals surface area (Å²) in [5.41, 5.74) is 1.13. The summed E-state index contributed by atoms with van der Waals surface area (Å²) in [4.78, 5) is 25.0. The molecule has 0 radical (unpaired) electrons. The van der Waals surface area contributed by atoms with Gasteiger partial charge < -0.3 is 19.9 Å². The maximum absolute atomic E-state index is 13.1. The van der Waals surface area contributed by atoms with Gasteiger partial charge in [0.25, 0.3) is 11.8 Å². The lowest BCUT2D eigenvalue weighted by atomic mass is 10.1. The van der Waals surface area contributed by atoms with Crippen molar-refractivity contribution in [2.45, 2.75) is 32.3 Å². The summed E-state index contributed by atoms with van der Waals surface area (Å²) >= 11 is 0. The zero-order valence-electron chi connectivity index (χ0n) is 15.5. The lowest BCUT2D eigenvalue weighted by Gasteiger charge is -2.20. The van der Waals surface area contributed by atoms with Crippen molar-refractivity contribution in [2.75, 3.05) is 13.2 Å². The summed E-state index contributed by atoms with van der Waals surface area (Å²) < 4.78 is 57.1. The Morgan fingerprint density at radius 1 is 1.21 bits per heavy atom. The van der Waals surface area contributed by atoms with Crippen molar-refractivity contribution in [2.24, 2.45) is 0 Å². The van der Waals surface area contributed by atoms with Gasteiger partial charge in [-0.1, -0.05) is 12.1 Å². The van der Waals surface area contributed by atoms with Gasteiger partial charge in [0, 0.05) is 6.54 Å². The topological polar surface area (TPSA) is 72.4 Å². The number of carbonyl (C=O) groups is 2. The van der Waals surface area contributed by atoms with Gasteiger partial charge in [-0.3, -0.25) is 9.59 Å². The van der Waals surface area contributed by atoms with Gasteiger partial charge in [0.1, 0.15) is 18.1 Å². The highest BCUT2D eigenvalue weighted by atomic mass is 19.4. The number of benzene rings is 1. The molecular weight excluding hydrogens is 394 g/mol. The van der Waals surface area contributed by atoms with Crippen LogP contribution >= 0.6 is 0 Å². The number of carbonyl (C=O) groups excluding carboxylic acids is 2. The molecule has 3 rings (SSSR count). The van der Waals surface area contributed by atoms with E-state index in [1.165, 1.54) is 30.3 Å². The summed E-state index contributed by atoms with van der Waals surface area (Å²) in [5.74, 6) is -1.83. The highest BCUT2D eigenvalue weighted by molar-refractivity contribution is 6.00. The predicted molar refractivity (Wildman–Crippen MR) is 94.8 cm³/mol. The van der Waals surface area contributed by atoms with Crippen molar-refractivity contribution < 1.29 is 31.9 Å². The second kappa shape index (κ2) is 8.24. The van der Waals surface area contributed by atoms with E-state index in [1.807, 2.05) is 5.32 Å². The van der Waals surface area contributed by atoms with E-state index in [0.29, 0.717) is 17.9 Å². The minimum Gasteiger partial charge on any atom is -0.373 e. The van der Waals surface area contributed by atoms with Gasteiger partial charge in [-0.2, -0.15) is 13.2 Å². The van der Waals surface area contributed by atoms with Crippen LogP contribution in [0.4, 0.5) is 17.6 Å². The van der Waals surface area contributed by atoms with Gasteiger partial charge in [-0.15, -0.1) is 0 Å². The number of hydrogen-bond donors (Lipinski definition) is 2. The number of ether oxygens (including phenoxy) is 1. The molecule has 1 aliphatic heterocycles. The fourth-order valence-electron chi connectivity index (χ4n) is 3.09. The molecule has 2 amide bonds. The van der Waals surface area contributed by atoms with Crippen molar-refractivity contribution in [1.82, 2.24) is 15.2 Å². The Bertz CT molecular complexity index is 907. The summed E-state index contributed by atoms with van der Waals surface area (Å²) in [6.07, 6.45) is -4.54. The molecule has 2 N–H and O–H groups in total. The minimum absolute atomic E-state index is 0.00949. The molecule has 10 heteroatoms. The first-order valence-electron chi connectivity index (χ1n) is 8.87. The van der Waals surface area contributed by atoms with Crippen LogP contribution in [0.1, 0.15) is 45.1 Å². The zero-order chi connectivity index (χ0) is 21.2. The number of alkyl halides is 3. The average molecular weight is 413 g/mol. The number of aromatic nitrogens is 1. The SMILES string of the molecule is C[C@@H](NC(=O)c1cc(C(=O)NCC(F)(F)F)c2n1CCOC2)c1ccc(F)cc1. The summed E-state index contributed by atoms with van der Waals surface area (Å²) in [6, 6.07) is 6.45. The van der Waals surface area contributed by atoms with E-state index in [0.717, 1.165) is 0 Å². The van der Waals surface area contributed by atoms with E-state index >= 15 is 0 Å². The molecule has 29 heavy (non-hydrogen) atoms. The first kappa shape index (κ1) is 20.8. The van der Waals surface area contributed by atoms with Crippen LogP contribution in [0.15, 0.2) is 30.3 Å². The molecule has 0 aliphatic carbocycles. The molecule has 156 valence electrons. The molecule has 0 spiro atoms. The molecule has 0 saturated heterocycles. The second-order valence-electron chi connectivity index (χ2n) is 6.64. The molecule has 1 aromatic heterocycles. The lowest BCUT2D eigenvalue weighted by molar-refractivity contribution is -0.123. The van der Waals surface area contributed by atoms with Crippen LogP contribution in [0.2, 0.25) is 0 Å². The van der Waals surface area contributed by atoms with Gasteiger partial charge in [-0.25, -0.2) is 4.39 Å². The van der Waals surface area contributed by atoms with Crippen LogP contribution in [-0.4, -0.2) is 35.7 Å². The number of nitrogens with zero attached hydrogens (tertiary/aromatic N) is 1. The molecule has 1 aliphatic rings. The minimum atomic E-state index is -4.54. The Kier molecular flexibility index (Phi) is 5.92. The number of halogens is 4. The van der Waals surface area contributed by atoms with Crippen LogP contribution in [0.3, 0.4) is 0 Å². The normalized spacial score (nSPS) is 14.8. The zero-order valence-corrected chi connectivity index (χ0v) is 15.5. The predicted octanol–water partition coefficient (Wildman–Crippen LogP) is 2.94. The smallest absolute Gasteiger partial charge is 0.373 e. The van der Waals surface area contributed by atoms with Crippen molar-refractivity contribution in [3.05, 3.63) is 58.7 Å². The second-order valence-corrected chi connectivity index (χ2v) is 6.64. The molecule has 1 atom stereocenters. The van der Waals surface area contributed by atoms with Crippen molar-refractivity contribution in [1.29, 1.82) is 0 Å². The van der Waals surface area contributed by atoms with E-state index in [2.05, 4.69) is 5.32 Å². The van der Waals surface area contributed by atoms with E-state index in [4.69, 9.17) is 4.74 Å². The summed E-state index contributed by atoms with van der Waals surface area (Å²) in [5, 5.41) is 4.57. The molecule has 0 saturated carbocycles. The average Bonchev–Trinajstić information content (AvgIpc) is 3.06. The third-order valence-electron chi connectivity index (χ3n) is 4.55. The first-order valence-corrected chi connectivity index (χ1v) is 8.87. The molecule has 0 fully saturated rings. The van der Waals surface area contributed by atoms with E-state index in [9.17, 15) is 27.2 Å². The monoisotopic (exact) mass is 413 g/mol. The number of fused-ring (bicyclic) bond motifs is 1. The van der Waals surface area contributed by atoms with Crippen molar-refractivity contribution in [3.63, 3.8) is 0 Å². The van der Waals surface area contributed by atoms with E-state index < -0.39 is 36.4 Å². The molecule has 2 aromatic rings. The molecule has 0 bridgehead atoms. The quantitative estimate of drug-likeness (QED) is 0.741. The lowest BCUT2D eigenvalue weighted by Crippen LogP contribution is -2.34. The van der Waals surface area contributed by atoms with Gasteiger partial charge >= 0.3 is 6.18 Å². The highest BCUT2D eigenvalue weighted by Gasteiger charge is 2.31. The van der Waals surface area contributed by atoms with Crippen LogP contribution in [0.5, 0.6) is 0 Å². The van der Waals surface area contributed by atoms with Gasteiger partial charge in [0.15, 0.2) is 0 Å². The molecule has 6 nitrogen and oxygen atoms in total. The number of amides is 2. The highest BCUT2D eigenvalue weighted by Crippen LogP contribution is 2.23. The van der Waals surface area contributed by atoms with Crippen LogP contribution in [-0.2, 0) is 17.9 Å². The Labute approximate surface area is 163 Å². The fourth-order valence-corrected chi connectivity index (χ4v) is 3.09. The molecule has 1 aromatic carbocycles. The Morgan fingerprint density at radius 2 is 1.90 bits per heavy atom. The summed E-state index contributed by atoms with van der Waals surface area (Å²) in [7, 11) is 0. The van der Waals surface area contributed by atoms with E-state index in [1.54, 1.807) is 11.5 Å². The van der Waals surface area contributed by atoms with E-state index in [-0.39, 0.29) is 24.4 Å². The third kappa shape index (κ3) is 4.94. The Morgan fingerprint density at radius 3 is 2.55 bits per heavy atom. The maximum atomic E-state index is 13.1. The molecule has 0 unspecified atom stereocenters. The number of rotatable bonds is 5. The third-order valence-corrected chi connectivity index (χ3v) is 4.55. The van der Waals surface area contributed by atoms with Crippen LogP contribution in [0.25, 0.3) is 0 Å². The standard InChI is InChI=1S/C19H19F4N3O3/c1-11(12-2-4-13(20)5-3-12)25-18(28)15-8-14(16-9-29-7-6-26(15)16)17(27)24-10-19(21,22)23/h2-5,8,11H,6-7,9-10H2,1H3,(H,24,27)(H,25,28)/t11-/m1/s1. The first-order chi connectivity index (χ1) is 13.7. The van der Waals surface area contributed by atoms with Crippen molar-refractivity contribution >= 4 is 11.8 Å². The summed E-state index contributed by atoms with van der Waals surface area (Å²) in [6.45, 7) is 0.843. The van der Waals surface area contributed by atoms with Crippen LogP contribution in [0, 0.1) is 5.82 Å². The number of hydrogen-bond acceptors (Lipinski definition) is 3. The van der Waals surface area contributed by atoms with Gasteiger partial charge in [0.05, 0.1) is 30.5 Å².